The number of carbonyl (C=O) groups is 1. The van der Waals surface area contributed by atoms with Gasteiger partial charge in [0, 0.05) is 10.8 Å². The van der Waals surface area contributed by atoms with Crippen LogP contribution in [0.3, 0.4) is 0 Å². The molecule has 2 fully saturated rings. The minimum Gasteiger partial charge on any atom is -0.298 e. The fourth-order valence-electron chi connectivity index (χ4n) is 5.07. The second-order valence-corrected chi connectivity index (χ2v) is 7.85. The van der Waals surface area contributed by atoms with E-state index in [1.165, 1.54) is 32.1 Å². The summed E-state index contributed by atoms with van der Waals surface area (Å²) in [5, 5.41) is 0. The third-order valence-corrected chi connectivity index (χ3v) is 6.80. The maximum atomic E-state index is 12.8. The Labute approximate surface area is 106 Å². The predicted octanol–water partition coefficient (Wildman–Crippen LogP) is 4.60. The summed E-state index contributed by atoms with van der Waals surface area (Å²) in [5.74, 6) is 0.483. The van der Waals surface area contributed by atoms with Gasteiger partial charge in [0.05, 0.1) is 0 Å². The first kappa shape index (κ1) is 13.1. The van der Waals surface area contributed by atoms with Crippen LogP contribution in [0.1, 0.15) is 73.6 Å². The van der Waals surface area contributed by atoms with Crippen molar-refractivity contribution < 1.29 is 4.79 Å². The second kappa shape index (κ2) is 3.36. The van der Waals surface area contributed by atoms with Crippen LogP contribution in [0.25, 0.3) is 0 Å². The topological polar surface area (TPSA) is 17.1 Å². The molecule has 1 heteroatoms. The van der Waals surface area contributed by atoms with Gasteiger partial charge in [-0.15, -0.1) is 0 Å². The lowest BCUT2D eigenvalue weighted by Gasteiger charge is -2.53. The molecule has 0 atom stereocenters. The molecule has 17 heavy (non-hydrogen) atoms. The largest absolute Gasteiger partial charge is 0.298 e. The highest BCUT2D eigenvalue weighted by Crippen LogP contribution is 2.72. The average Bonchev–Trinajstić information content (AvgIpc) is 2.33. The highest BCUT2D eigenvalue weighted by Gasteiger charge is 2.71. The standard InChI is InChI=1S/C16H28O/c1-13(2)12(17)14(3,4)16(15(13,5)6)10-8-7-9-11-16/h7-11H2,1-6H3. The zero-order valence-corrected chi connectivity index (χ0v) is 12.4. The lowest BCUT2D eigenvalue weighted by Crippen LogP contribution is -2.46. The molecule has 0 N–H and O–H groups in total. The average molecular weight is 236 g/mol. The number of Topliss-reactive ketones (excluding diaryl/α,β-unsaturated/α-hetero) is 1. The molecule has 2 rings (SSSR count). The first-order valence-electron chi connectivity index (χ1n) is 7.16. The van der Waals surface area contributed by atoms with E-state index >= 15 is 0 Å². The van der Waals surface area contributed by atoms with Crippen molar-refractivity contribution in [2.75, 3.05) is 0 Å². The predicted molar refractivity (Wildman–Crippen MR) is 71.9 cm³/mol. The zero-order chi connectivity index (χ0) is 13.1. The Kier molecular flexibility index (Phi) is 2.59. The van der Waals surface area contributed by atoms with Crippen LogP contribution in [0.4, 0.5) is 0 Å². The van der Waals surface area contributed by atoms with Gasteiger partial charge in [-0.05, 0) is 23.7 Å². The number of ketones is 1. The van der Waals surface area contributed by atoms with Crippen LogP contribution in [0, 0.1) is 21.7 Å². The molecular weight excluding hydrogens is 208 g/mol. The van der Waals surface area contributed by atoms with Crippen LogP contribution >= 0.6 is 0 Å². The molecule has 0 aromatic carbocycles. The molecule has 2 saturated carbocycles. The SMILES string of the molecule is CC1(C)C(=O)C(C)(C)C2(CCCCC2)C1(C)C. The summed E-state index contributed by atoms with van der Waals surface area (Å²) in [6, 6.07) is 0. The normalized spacial score (nSPS) is 32.9. The van der Waals surface area contributed by atoms with Crippen LogP contribution in [0.15, 0.2) is 0 Å². The number of hydrogen-bond acceptors (Lipinski definition) is 1. The summed E-state index contributed by atoms with van der Waals surface area (Å²) in [4.78, 5) is 12.8. The van der Waals surface area contributed by atoms with E-state index in [0.29, 0.717) is 5.78 Å². The summed E-state index contributed by atoms with van der Waals surface area (Å²) in [7, 11) is 0. The summed E-state index contributed by atoms with van der Waals surface area (Å²) < 4.78 is 0. The van der Waals surface area contributed by atoms with E-state index in [4.69, 9.17) is 0 Å². The summed E-state index contributed by atoms with van der Waals surface area (Å²) >= 11 is 0. The number of hydrogen-bond donors (Lipinski definition) is 0. The van der Waals surface area contributed by atoms with Crippen molar-refractivity contribution in [3.8, 4) is 0 Å². The van der Waals surface area contributed by atoms with Gasteiger partial charge in [0.2, 0.25) is 0 Å². The molecule has 0 radical (unpaired) electrons. The second-order valence-electron chi connectivity index (χ2n) is 7.85. The Bertz CT molecular complexity index is 341. The van der Waals surface area contributed by atoms with E-state index < -0.39 is 0 Å². The van der Waals surface area contributed by atoms with Gasteiger partial charge in [-0.25, -0.2) is 0 Å². The van der Waals surface area contributed by atoms with Crippen molar-refractivity contribution in [1.82, 2.24) is 0 Å². The molecule has 0 aromatic heterocycles. The van der Waals surface area contributed by atoms with E-state index in [2.05, 4.69) is 41.5 Å². The number of rotatable bonds is 0. The van der Waals surface area contributed by atoms with Gasteiger partial charge in [-0.1, -0.05) is 60.8 Å². The van der Waals surface area contributed by atoms with Gasteiger partial charge >= 0.3 is 0 Å². The molecule has 2 aliphatic rings. The molecule has 0 amide bonds. The van der Waals surface area contributed by atoms with Gasteiger partial charge in [-0.2, -0.15) is 0 Å². The molecule has 98 valence electrons. The van der Waals surface area contributed by atoms with E-state index in [-0.39, 0.29) is 21.7 Å². The van der Waals surface area contributed by atoms with Crippen molar-refractivity contribution in [3.63, 3.8) is 0 Å². The van der Waals surface area contributed by atoms with Crippen molar-refractivity contribution in [1.29, 1.82) is 0 Å². The maximum absolute atomic E-state index is 12.8. The zero-order valence-electron chi connectivity index (χ0n) is 12.4. The van der Waals surface area contributed by atoms with Gasteiger partial charge < -0.3 is 0 Å². The summed E-state index contributed by atoms with van der Waals surface area (Å²) in [6.07, 6.45) is 6.43. The fraction of sp³-hybridized carbons (Fsp3) is 0.938. The Hall–Kier alpha value is -0.330. The van der Waals surface area contributed by atoms with Crippen LogP contribution in [0.2, 0.25) is 0 Å². The van der Waals surface area contributed by atoms with Crippen LogP contribution in [0.5, 0.6) is 0 Å². The lowest BCUT2D eigenvalue weighted by molar-refractivity contribution is -0.133. The van der Waals surface area contributed by atoms with E-state index in [0.717, 1.165) is 0 Å². The van der Waals surface area contributed by atoms with Crippen molar-refractivity contribution in [3.05, 3.63) is 0 Å². The highest BCUT2D eigenvalue weighted by atomic mass is 16.1. The van der Waals surface area contributed by atoms with Crippen LogP contribution in [-0.2, 0) is 4.79 Å². The highest BCUT2D eigenvalue weighted by molar-refractivity contribution is 5.93. The monoisotopic (exact) mass is 236 g/mol. The summed E-state index contributed by atoms with van der Waals surface area (Å²) in [6.45, 7) is 13.4. The molecule has 0 unspecified atom stereocenters. The van der Waals surface area contributed by atoms with Crippen LogP contribution < -0.4 is 0 Å². The molecule has 0 saturated heterocycles. The molecule has 0 aromatic rings. The minimum absolute atomic E-state index is 0.112. The Morgan fingerprint density at radius 2 is 1.24 bits per heavy atom. The Morgan fingerprint density at radius 1 is 0.765 bits per heavy atom. The smallest absolute Gasteiger partial charge is 0.145 e. The first-order valence-corrected chi connectivity index (χ1v) is 7.16. The third-order valence-electron chi connectivity index (χ3n) is 6.80. The molecule has 0 aliphatic heterocycles. The molecule has 1 spiro atoms. The van der Waals surface area contributed by atoms with Crippen LogP contribution in [-0.4, -0.2) is 5.78 Å². The van der Waals surface area contributed by atoms with Crippen molar-refractivity contribution >= 4 is 5.78 Å². The Morgan fingerprint density at radius 3 is 1.59 bits per heavy atom. The third kappa shape index (κ3) is 1.24. The quantitative estimate of drug-likeness (QED) is 0.601. The molecular formula is C16H28O. The van der Waals surface area contributed by atoms with E-state index in [9.17, 15) is 4.79 Å². The molecule has 1 nitrogen and oxygen atoms in total. The number of carbonyl (C=O) groups excluding carboxylic acids is 1. The molecule has 2 aliphatic carbocycles. The maximum Gasteiger partial charge on any atom is 0.145 e. The van der Waals surface area contributed by atoms with Gasteiger partial charge in [0.25, 0.3) is 0 Å². The first-order chi connectivity index (χ1) is 7.61. The lowest BCUT2D eigenvalue weighted by atomic mass is 9.50. The van der Waals surface area contributed by atoms with Gasteiger partial charge in [0.1, 0.15) is 5.78 Å². The van der Waals surface area contributed by atoms with Gasteiger partial charge in [-0.3, -0.25) is 4.79 Å². The van der Waals surface area contributed by atoms with E-state index in [1.54, 1.807) is 0 Å². The van der Waals surface area contributed by atoms with Gasteiger partial charge in [0.15, 0.2) is 0 Å². The fourth-order valence-corrected chi connectivity index (χ4v) is 5.07. The summed E-state index contributed by atoms with van der Waals surface area (Å²) in [5.41, 5.74) is -0.00586. The van der Waals surface area contributed by atoms with E-state index in [1.807, 2.05) is 0 Å². The Balaban J connectivity index is 2.60. The molecule has 0 heterocycles. The minimum atomic E-state index is -0.187. The van der Waals surface area contributed by atoms with Crippen molar-refractivity contribution in [2.45, 2.75) is 73.6 Å². The van der Waals surface area contributed by atoms with Crippen molar-refractivity contribution in [2.24, 2.45) is 21.7 Å². The molecule has 0 bridgehead atoms.